The van der Waals surface area contributed by atoms with Gasteiger partial charge in [-0.25, -0.2) is 0 Å². The molecule has 1 atom stereocenters. The first-order chi connectivity index (χ1) is 10.3. The van der Waals surface area contributed by atoms with Gasteiger partial charge in [0.05, 0.1) is 12.3 Å². The van der Waals surface area contributed by atoms with Crippen LogP contribution in [0, 0.1) is 0 Å². The number of benzene rings is 1. The summed E-state index contributed by atoms with van der Waals surface area (Å²) >= 11 is 0. The van der Waals surface area contributed by atoms with E-state index in [0.29, 0.717) is 6.61 Å². The molecule has 3 rings (SSSR count). The molecule has 1 aromatic carbocycles. The van der Waals surface area contributed by atoms with Gasteiger partial charge in [-0.15, -0.1) is 0 Å². The number of pyridine rings is 1. The first-order valence-corrected chi connectivity index (χ1v) is 7.24. The second kappa shape index (κ2) is 6.20. The van der Waals surface area contributed by atoms with Gasteiger partial charge in [-0.3, -0.25) is 4.98 Å². The van der Waals surface area contributed by atoms with Crippen molar-refractivity contribution >= 4 is 12.2 Å². The Kier molecular flexibility index (Phi) is 4.13. The minimum atomic E-state index is -0.0557. The summed E-state index contributed by atoms with van der Waals surface area (Å²) in [6.07, 6.45) is 5.97. The predicted molar refractivity (Wildman–Crippen MR) is 86.0 cm³/mol. The normalized spacial score (nSPS) is 16.4. The summed E-state index contributed by atoms with van der Waals surface area (Å²) in [7, 11) is 4.11. The number of hydrogen-bond donors (Lipinski definition) is 0. The Bertz CT molecular complexity index is 600. The van der Waals surface area contributed by atoms with Gasteiger partial charge in [-0.05, 0) is 37.4 Å². The van der Waals surface area contributed by atoms with E-state index in [1.54, 1.807) is 0 Å². The molecule has 0 fully saturated rings. The molecule has 1 aliphatic carbocycles. The summed E-state index contributed by atoms with van der Waals surface area (Å²) in [5.41, 5.74) is 4.53. The molecule has 0 amide bonds. The van der Waals surface area contributed by atoms with Gasteiger partial charge in [0.25, 0.3) is 0 Å². The molecule has 0 bridgehead atoms. The van der Waals surface area contributed by atoms with Gasteiger partial charge < -0.3 is 9.64 Å². The fourth-order valence-corrected chi connectivity index (χ4v) is 2.56. The smallest absolute Gasteiger partial charge is 0.110 e. The van der Waals surface area contributed by atoms with Crippen LogP contribution in [-0.4, -0.2) is 37.1 Å². The first kappa shape index (κ1) is 14.0. The Balaban J connectivity index is 1.98. The third kappa shape index (κ3) is 3.04. The van der Waals surface area contributed by atoms with E-state index in [-0.39, 0.29) is 6.10 Å². The molecular formula is C18H20N2O. The van der Waals surface area contributed by atoms with Crippen LogP contribution in [0.5, 0.6) is 0 Å². The summed E-state index contributed by atoms with van der Waals surface area (Å²) in [6.45, 7) is 1.60. The topological polar surface area (TPSA) is 25.4 Å². The quantitative estimate of drug-likeness (QED) is 0.859. The van der Waals surface area contributed by atoms with Crippen LogP contribution in [-0.2, 0) is 4.74 Å². The molecule has 0 saturated heterocycles. The third-order valence-electron chi connectivity index (χ3n) is 3.68. The van der Waals surface area contributed by atoms with E-state index >= 15 is 0 Å². The highest BCUT2D eigenvalue weighted by atomic mass is 16.5. The van der Waals surface area contributed by atoms with Crippen molar-refractivity contribution in [3.8, 4) is 0 Å². The number of aromatic nitrogens is 1. The molecule has 0 aliphatic heterocycles. The molecule has 1 aliphatic rings. The number of ether oxygens (including phenoxy) is 1. The molecule has 3 heteroatoms. The minimum absolute atomic E-state index is 0.0557. The summed E-state index contributed by atoms with van der Waals surface area (Å²) in [6, 6.07) is 12.5. The van der Waals surface area contributed by atoms with E-state index in [4.69, 9.17) is 4.74 Å². The summed E-state index contributed by atoms with van der Waals surface area (Å²) in [4.78, 5) is 6.61. The summed E-state index contributed by atoms with van der Waals surface area (Å²) in [5, 5.41) is 0. The lowest BCUT2D eigenvalue weighted by Crippen LogP contribution is -2.20. The zero-order valence-corrected chi connectivity index (χ0v) is 12.5. The van der Waals surface area contributed by atoms with Crippen LogP contribution in [0.4, 0.5) is 0 Å². The lowest BCUT2D eigenvalue weighted by molar-refractivity contribution is 0.0684. The van der Waals surface area contributed by atoms with Crippen molar-refractivity contribution in [2.45, 2.75) is 6.10 Å². The fraction of sp³-hybridized carbons (Fsp3) is 0.278. The van der Waals surface area contributed by atoms with E-state index in [0.717, 1.165) is 17.8 Å². The van der Waals surface area contributed by atoms with Gasteiger partial charge in [0.15, 0.2) is 0 Å². The van der Waals surface area contributed by atoms with Crippen molar-refractivity contribution < 1.29 is 4.74 Å². The average molecular weight is 280 g/mol. The Morgan fingerprint density at radius 1 is 1.05 bits per heavy atom. The fourth-order valence-electron chi connectivity index (χ4n) is 2.56. The van der Waals surface area contributed by atoms with Crippen molar-refractivity contribution in [1.29, 1.82) is 0 Å². The van der Waals surface area contributed by atoms with Gasteiger partial charge in [-0.2, -0.15) is 0 Å². The second-order valence-corrected chi connectivity index (χ2v) is 5.49. The lowest BCUT2D eigenvalue weighted by atomic mass is 9.98. The van der Waals surface area contributed by atoms with Crippen LogP contribution in [0.3, 0.4) is 0 Å². The molecule has 0 radical (unpaired) electrons. The maximum atomic E-state index is 6.21. The third-order valence-corrected chi connectivity index (χ3v) is 3.68. The summed E-state index contributed by atoms with van der Waals surface area (Å²) < 4.78 is 6.21. The highest BCUT2D eigenvalue weighted by Gasteiger charge is 2.22. The number of likely N-dealkylation sites (N-methyl/N-ethyl adjacent to an activating group) is 1. The maximum absolute atomic E-state index is 6.21. The van der Waals surface area contributed by atoms with Gasteiger partial charge in [-0.1, -0.05) is 36.4 Å². The van der Waals surface area contributed by atoms with Crippen LogP contribution in [0.1, 0.15) is 28.5 Å². The van der Waals surface area contributed by atoms with Gasteiger partial charge in [0.1, 0.15) is 6.10 Å². The van der Waals surface area contributed by atoms with Crippen molar-refractivity contribution in [3.63, 3.8) is 0 Å². The number of hydrogen-bond acceptors (Lipinski definition) is 3. The minimum Gasteiger partial charge on any atom is -0.367 e. The van der Waals surface area contributed by atoms with Gasteiger partial charge >= 0.3 is 0 Å². The van der Waals surface area contributed by atoms with E-state index in [1.807, 2.05) is 12.3 Å². The molecule has 21 heavy (non-hydrogen) atoms. The molecule has 0 N–H and O–H groups in total. The number of nitrogens with zero attached hydrogens (tertiary/aromatic N) is 2. The number of fused-ring (bicyclic) bond motifs is 2. The van der Waals surface area contributed by atoms with Crippen molar-refractivity contribution in [1.82, 2.24) is 9.88 Å². The van der Waals surface area contributed by atoms with E-state index in [1.165, 1.54) is 11.1 Å². The van der Waals surface area contributed by atoms with Crippen molar-refractivity contribution in [3.05, 3.63) is 65.0 Å². The molecule has 108 valence electrons. The zero-order chi connectivity index (χ0) is 14.7. The van der Waals surface area contributed by atoms with E-state index in [2.05, 4.69) is 66.5 Å². The monoisotopic (exact) mass is 280 g/mol. The zero-order valence-electron chi connectivity index (χ0n) is 12.5. The van der Waals surface area contributed by atoms with E-state index < -0.39 is 0 Å². The highest BCUT2D eigenvalue weighted by molar-refractivity contribution is 5.74. The molecule has 0 saturated carbocycles. The van der Waals surface area contributed by atoms with Crippen LogP contribution in [0.15, 0.2) is 42.6 Å². The Morgan fingerprint density at radius 2 is 1.86 bits per heavy atom. The van der Waals surface area contributed by atoms with Gasteiger partial charge in [0, 0.05) is 18.3 Å². The SMILES string of the molecule is CN(C)CCOC1c2ccccc2C=Cc2ncccc21. The average Bonchev–Trinajstić information content (AvgIpc) is 2.65. The van der Waals surface area contributed by atoms with Crippen LogP contribution < -0.4 is 0 Å². The lowest BCUT2D eigenvalue weighted by Gasteiger charge is -2.21. The Labute approximate surface area is 125 Å². The molecule has 0 spiro atoms. The van der Waals surface area contributed by atoms with Crippen LogP contribution in [0.2, 0.25) is 0 Å². The summed E-state index contributed by atoms with van der Waals surface area (Å²) in [5.74, 6) is 0. The van der Waals surface area contributed by atoms with Gasteiger partial charge in [0.2, 0.25) is 0 Å². The highest BCUT2D eigenvalue weighted by Crippen LogP contribution is 2.34. The molecular weight excluding hydrogens is 260 g/mol. The molecule has 2 aromatic rings. The maximum Gasteiger partial charge on any atom is 0.110 e. The molecule has 1 aromatic heterocycles. The number of rotatable bonds is 4. The standard InChI is InChI=1S/C18H20N2O/c1-20(2)12-13-21-18-15-7-4-3-6-14(15)9-10-17-16(18)8-5-11-19-17/h3-11,18H,12-13H2,1-2H3. The molecule has 3 nitrogen and oxygen atoms in total. The first-order valence-electron chi connectivity index (χ1n) is 7.24. The Morgan fingerprint density at radius 3 is 2.71 bits per heavy atom. The largest absolute Gasteiger partial charge is 0.367 e. The van der Waals surface area contributed by atoms with Crippen LogP contribution in [0.25, 0.3) is 12.2 Å². The molecule has 1 heterocycles. The van der Waals surface area contributed by atoms with E-state index in [9.17, 15) is 0 Å². The van der Waals surface area contributed by atoms with Crippen molar-refractivity contribution in [2.75, 3.05) is 27.2 Å². The predicted octanol–water partition coefficient (Wildman–Crippen LogP) is 3.23. The second-order valence-electron chi connectivity index (χ2n) is 5.49. The van der Waals surface area contributed by atoms with Crippen LogP contribution >= 0.6 is 0 Å². The van der Waals surface area contributed by atoms with Crippen molar-refractivity contribution in [2.24, 2.45) is 0 Å². The Hall–Kier alpha value is -1.97. The molecule has 1 unspecified atom stereocenters.